The van der Waals surface area contributed by atoms with Crippen LogP contribution in [-0.2, 0) is 4.79 Å². The summed E-state index contributed by atoms with van der Waals surface area (Å²) >= 11 is 11.9. The highest BCUT2D eigenvalue weighted by atomic mass is 35.5. The van der Waals surface area contributed by atoms with Crippen LogP contribution >= 0.6 is 23.2 Å². The molecule has 0 saturated carbocycles. The number of carboxylic acid groups (broad SMARTS) is 1. The molecule has 1 heterocycles. The van der Waals surface area contributed by atoms with Crippen LogP contribution in [0.4, 0.5) is 0 Å². The Balaban J connectivity index is 2.21. The number of nitrogens with one attached hydrogen (secondary N) is 1. The van der Waals surface area contributed by atoms with Crippen molar-refractivity contribution >= 4 is 35.1 Å². The van der Waals surface area contributed by atoms with Crippen molar-refractivity contribution < 1.29 is 14.7 Å². The number of benzene rings is 1. The molecule has 2 rings (SSSR count). The van der Waals surface area contributed by atoms with Crippen molar-refractivity contribution in [3.63, 3.8) is 0 Å². The third-order valence-electron chi connectivity index (χ3n) is 3.20. The molecule has 1 aromatic heterocycles. The van der Waals surface area contributed by atoms with Gasteiger partial charge in [0.15, 0.2) is 5.69 Å². The maximum Gasteiger partial charge on any atom is 0.326 e. The second-order valence-electron chi connectivity index (χ2n) is 5.27. The SMILES string of the molecule is CC(C)[C@H](NC(=O)c1ccn(-c2ccc(Cl)cc2Cl)n1)C(=O)O. The third-order valence-corrected chi connectivity index (χ3v) is 3.74. The maximum absolute atomic E-state index is 12.1. The number of rotatable bonds is 5. The molecule has 0 saturated heterocycles. The lowest BCUT2D eigenvalue weighted by molar-refractivity contribution is -0.140. The molecule has 8 heteroatoms. The Morgan fingerprint density at radius 3 is 2.52 bits per heavy atom. The summed E-state index contributed by atoms with van der Waals surface area (Å²) in [4.78, 5) is 23.3. The van der Waals surface area contributed by atoms with Crippen molar-refractivity contribution in [2.24, 2.45) is 5.92 Å². The van der Waals surface area contributed by atoms with Gasteiger partial charge in [0.2, 0.25) is 0 Å². The molecule has 0 fully saturated rings. The summed E-state index contributed by atoms with van der Waals surface area (Å²) in [5.74, 6) is -1.90. The number of carboxylic acids is 1. The van der Waals surface area contributed by atoms with Crippen LogP contribution in [0.25, 0.3) is 5.69 Å². The average Bonchev–Trinajstić information content (AvgIpc) is 2.93. The third kappa shape index (κ3) is 4.03. The first-order valence-electron chi connectivity index (χ1n) is 6.84. The second-order valence-corrected chi connectivity index (χ2v) is 6.12. The van der Waals surface area contributed by atoms with E-state index in [0.717, 1.165) is 0 Å². The molecular weight excluding hydrogens is 341 g/mol. The van der Waals surface area contributed by atoms with Gasteiger partial charge in [0.25, 0.3) is 5.91 Å². The lowest BCUT2D eigenvalue weighted by atomic mass is 10.0. The predicted octanol–water partition coefficient (Wildman–Crippen LogP) is 3.02. The molecule has 0 bridgehead atoms. The first-order valence-corrected chi connectivity index (χ1v) is 7.60. The van der Waals surface area contributed by atoms with Gasteiger partial charge in [0.1, 0.15) is 6.04 Å². The van der Waals surface area contributed by atoms with E-state index >= 15 is 0 Å². The number of aromatic nitrogens is 2. The number of aliphatic carboxylic acids is 1. The van der Waals surface area contributed by atoms with E-state index < -0.39 is 17.9 Å². The maximum atomic E-state index is 12.1. The zero-order valence-corrected chi connectivity index (χ0v) is 14.0. The van der Waals surface area contributed by atoms with Crippen LogP contribution < -0.4 is 5.32 Å². The van der Waals surface area contributed by atoms with Gasteiger partial charge < -0.3 is 10.4 Å². The van der Waals surface area contributed by atoms with Gasteiger partial charge in [-0.3, -0.25) is 4.79 Å². The summed E-state index contributed by atoms with van der Waals surface area (Å²) in [6.45, 7) is 3.43. The minimum atomic E-state index is -1.09. The molecule has 2 N–H and O–H groups in total. The van der Waals surface area contributed by atoms with Crippen LogP contribution in [0.15, 0.2) is 30.5 Å². The molecule has 23 heavy (non-hydrogen) atoms. The molecule has 0 unspecified atom stereocenters. The van der Waals surface area contributed by atoms with Gasteiger partial charge in [-0.25, -0.2) is 9.48 Å². The quantitative estimate of drug-likeness (QED) is 0.863. The summed E-state index contributed by atoms with van der Waals surface area (Å²) in [5.41, 5.74) is 0.664. The van der Waals surface area contributed by atoms with E-state index in [1.807, 2.05) is 0 Å². The van der Waals surface area contributed by atoms with Gasteiger partial charge in [-0.2, -0.15) is 5.10 Å². The van der Waals surface area contributed by atoms with Crippen LogP contribution in [0.2, 0.25) is 10.0 Å². The fraction of sp³-hybridized carbons (Fsp3) is 0.267. The van der Waals surface area contributed by atoms with E-state index in [0.29, 0.717) is 15.7 Å². The highest BCUT2D eigenvalue weighted by Crippen LogP contribution is 2.23. The van der Waals surface area contributed by atoms with Gasteiger partial charge in [0, 0.05) is 11.2 Å². The Labute approximate surface area is 143 Å². The molecule has 0 spiro atoms. The van der Waals surface area contributed by atoms with Gasteiger partial charge in [0.05, 0.1) is 10.7 Å². The molecule has 0 aliphatic rings. The van der Waals surface area contributed by atoms with Crippen LogP contribution in [0.5, 0.6) is 0 Å². The number of hydrogen-bond acceptors (Lipinski definition) is 3. The number of nitrogens with zero attached hydrogens (tertiary/aromatic N) is 2. The second kappa shape index (κ2) is 7.02. The number of halogens is 2. The van der Waals surface area contributed by atoms with E-state index in [1.54, 1.807) is 38.2 Å². The fourth-order valence-electron chi connectivity index (χ4n) is 1.98. The lowest BCUT2D eigenvalue weighted by Crippen LogP contribution is -2.44. The predicted molar refractivity (Wildman–Crippen MR) is 87.3 cm³/mol. The van der Waals surface area contributed by atoms with Crippen molar-refractivity contribution in [3.05, 3.63) is 46.2 Å². The molecule has 1 amide bonds. The first kappa shape index (κ1) is 17.3. The van der Waals surface area contributed by atoms with Crippen LogP contribution in [0, 0.1) is 5.92 Å². The Morgan fingerprint density at radius 1 is 1.26 bits per heavy atom. The van der Waals surface area contributed by atoms with Gasteiger partial charge >= 0.3 is 5.97 Å². The van der Waals surface area contributed by atoms with E-state index in [4.69, 9.17) is 28.3 Å². The Kier molecular flexibility index (Phi) is 5.28. The Bertz CT molecular complexity index is 743. The van der Waals surface area contributed by atoms with E-state index in [2.05, 4.69) is 10.4 Å². The van der Waals surface area contributed by atoms with Crippen LogP contribution in [0.3, 0.4) is 0 Å². The van der Waals surface area contributed by atoms with Crippen LogP contribution in [0.1, 0.15) is 24.3 Å². The summed E-state index contributed by atoms with van der Waals surface area (Å²) in [7, 11) is 0. The monoisotopic (exact) mass is 355 g/mol. The molecule has 1 atom stereocenters. The van der Waals surface area contributed by atoms with Crippen molar-refractivity contribution in [2.45, 2.75) is 19.9 Å². The number of amides is 1. The summed E-state index contributed by atoms with van der Waals surface area (Å²) in [5, 5.41) is 16.6. The van der Waals surface area contributed by atoms with E-state index in [1.165, 1.54) is 10.7 Å². The normalized spacial score (nSPS) is 12.2. The number of hydrogen-bond donors (Lipinski definition) is 2. The summed E-state index contributed by atoms with van der Waals surface area (Å²) in [6.07, 6.45) is 1.56. The number of carbonyl (C=O) groups excluding carboxylic acids is 1. The van der Waals surface area contributed by atoms with Gasteiger partial charge in [-0.15, -0.1) is 0 Å². The zero-order chi connectivity index (χ0) is 17.1. The Morgan fingerprint density at radius 2 is 1.96 bits per heavy atom. The molecule has 2 aromatic rings. The minimum absolute atomic E-state index is 0.0999. The molecule has 0 aliphatic heterocycles. The van der Waals surface area contributed by atoms with Crippen molar-refractivity contribution in [2.75, 3.05) is 0 Å². The largest absolute Gasteiger partial charge is 0.480 e. The smallest absolute Gasteiger partial charge is 0.326 e. The van der Waals surface area contributed by atoms with Crippen LogP contribution in [-0.4, -0.2) is 32.8 Å². The zero-order valence-electron chi connectivity index (χ0n) is 12.5. The van der Waals surface area contributed by atoms with Crippen molar-refractivity contribution in [1.29, 1.82) is 0 Å². The topological polar surface area (TPSA) is 84.2 Å². The molecule has 122 valence electrons. The van der Waals surface area contributed by atoms with Gasteiger partial charge in [-0.05, 0) is 30.2 Å². The number of carbonyl (C=O) groups is 2. The Hall–Kier alpha value is -2.05. The highest BCUT2D eigenvalue weighted by molar-refractivity contribution is 6.35. The van der Waals surface area contributed by atoms with Gasteiger partial charge in [-0.1, -0.05) is 37.0 Å². The standard InChI is InChI=1S/C15H15Cl2N3O3/c1-8(2)13(15(22)23)18-14(21)11-5-6-20(19-11)12-4-3-9(16)7-10(12)17/h3-8,13H,1-2H3,(H,18,21)(H,22,23)/t13-/m0/s1. The molecular formula is C15H15Cl2N3O3. The molecule has 0 radical (unpaired) electrons. The summed E-state index contributed by atoms with van der Waals surface area (Å²) < 4.78 is 1.43. The fourth-order valence-corrected chi connectivity index (χ4v) is 2.47. The van der Waals surface area contributed by atoms with E-state index in [9.17, 15) is 9.59 Å². The lowest BCUT2D eigenvalue weighted by Gasteiger charge is -2.16. The summed E-state index contributed by atoms with van der Waals surface area (Å²) in [6, 6.07) is 5.40. The molecule has 1 aromatic carbocycles. The average molecular weight is 356 g/mol. The first-order chi connectivity index (χ1) is 10.8. The molecule has 6 nitrogen and oxygen atoms in total. The van der Waals surface area contributed by atoms with Crippen molar-refractivity contribution in [1.82, 2.24) is 15.1 Å². The van der Waals surface area contributed by atoms with Crippen molar-refractivity contribution in [3.8, 4) is 5.69 Å². The van der Waals surface area contributed by atoms with E-state index in [-0.39, 0.29) is 11.6 Å². The highest BCUT2D eigenvalue weighted by Gasteiger charge is 2.25. The molecule has 0 aliphatic carbocycles. The minimum Gasteiger partial charge on any atom is -0.480 e.